The van der Waals surface area contributed by atoms with E-state index in [2.05, 4.69) is 10.4 Å². The second-order valence-electron chi connectivity index (χ2n) is 4.96. The van der Waals surface area contributed by atoms with E-state index in [9.17, 15) is 9.59 Å². The maximum absolute atomic E-state index is 11.9. The zero-order valence-electron chi connectivity index (χ0n) is 13.0. The molecule has 3 rings (SSSR count). The fourth-order valence-electron chi connectivity index (χ4n) is 1.99. The summed E-state index contributed by atoms with van der Waals surface area (Å²) in [6, 6.07) is 10.5. The van der Waals surface area contributed by atoms with Gasteiger partial charge in [-0.1, -0.05) is 17.7 Å². The zero-order chi connectivity index (χ0) is 17.6. The molecular formula is C16H14ClN3O4S. The van der Waals surface area contributed by atoms with Crippen LogP contribution in [-0.2, 0) is 11.3 Å². The summed E-state index contributed by atoms with van der Waals surface area (Å²) in [5.74, 6) is -0.158. The summed E-state index contributed by atoms with van der Waals surface area (Å²) in [5.41, 5.74) is 0. The van der Waals surface area contributed by atoms with Crippen molar-refractivity contribution in [3.05, 3.63) is 57.4 Å². The normalized spacial score (nSPS) is 10.6. The lowest BCUT2D eigenvalue weighted by atomic mass is 10.3. The number of hydrogen-bond donors (Lipinski definition) is 1. The Morgan fingerprint density at radius 2 is 2.12 bits per heavy atom. The average molecular weight is 380 g/mol. The van der Waals surface area contributed by atoms with Crippen molar-refractivity contribution >= 4 is 28.8 Å². The Morgan fingerprint density at radius 3 is 2.84 bits per heavy atom. The highest BCUT2D eigenvalue weighted by molar-refractivity contribution is 7.13. The predicted octanol–water partition coefficient (Wildman–Crippen LogP) is 2.41. The topological polar surface area (TPSA) is 86.4 Å². The molecule has 130 valence electrons. The van der Waals surface area contributed by atoms with Crippen LogP contribution in [-0.4, -0.2) is 28.8 Å². The van der Waals surface area contributed by atoms with E-state index in [0.717, 1.165) is 9.56 Å². The first-order valence-electron chi connectivity index (χ1n) is 7.39. The van der Waals surface area contributed by atoms with Gasteiger partial charge < -0.3 is 14.5 Å². The molecule has 0 aliphatic rings. The van der Waals surface area contributed by atoms with E-state index in [0.29, 0.717) is 23.9 Å². The summed E-state index contributed by atoms with van der Waals surface area (Å²) in [6.07, 6.45) is 0. The van der Waals surface area contributed by atoms with Crippen molar-refractivity contribution in [1.29, 1.82) is 0 Å². The SMILES string of the molecule is O=C(Cn1nc(-c2cccs2)oc1=O)NCCOc1ccc(Cl)cc1. The molecule has 0 atom stereocenters. The summed E-state index contributed by atoms with van der Waals surface area (Å²) >= 11 is 7.18. The van der Waals surface area contributed by atoms with Crippen molar-refractivity contribution in [3.8, 4) is 16.5 Å². The van der Waals surface area contributed by atoms with Gasteiger partial charge in [0, 0.05) is 5.02 Å². The molecule has 1 aromatic carbocycles. The first-order chi connectivity index (χ1) is 12.1. The minimum atomic E-state index is -0.670. The molecule has 9 heteroatoms. The third kappa shape index (κ3) is 4.71. The van der Waals surface area contributed by atoms with Gasteiger partial charge >= 0.3 is 5.76 Å². The summed E-state index contributed by atoms with van der Waals surface area (Å²) in [4.78, 5) is 24.4. The van der Waals surface area contributed by atoms with Gasteiger partial charge in [0.1, 0.15) is 18.9 Å². The molecule has 7 nitrogen and oxygen atoms in total. The van der Waals surface area contributed by atoms with Crippen molar-refractivity contribution < 1.29 is 13.9 Å². The highest BCUT2D eigenvalue weighted by Gasteiger charge is 2.13. The monoisotopic (exact) mass is 379 g/mol. The van der Waals surface area contributed by atoms with E-state index in [1.165, 1.54) is 11.3 Å². The molecule has 2 aromatic heterocycles. The maximum atomic E-state index is 11.9. The van der Waals surface area contributed by atoms with Gasteiger partial charge in [-0.05, 0) is 35.7 Å². The second kappa shape index (κ2) is 8.00. The van der Waals surface area contributed by atoms with Gasteiger partial charge in [0.2, 0.25) is 5.91 Å². The molecule has 0 spiro atoms. The van der Waals surface area contributed by atoms with Crippen molar-refractivity contribution in [2.75, 3.05) is 13.2 Å². The number of rotatable bonds is 7. The van der Waals surface area contributed by atoms with Gasteiger partial charge in [0.25, 0.3) is 5.89 Å². The number of benzene rings is 1. The molecule has 1 N–H and O–H groups in total. The lowest BCUT2D eigenvalue weighted by molar-refractivity contribution is -0.122. The van der Waals surface area contributed by atoms with Crippen LogP contribution in [0.2, 0.25) is 5.02 Å². The Bertz CT molecular complexity index is 887. The van der Waals surface area contributed by atoms with Crippen LogP contribution >= 0.6 is 22.9 Å². The molecule has 0 aliphatic heterocycles. The van der Waals surface area contributed by atoms with E-state index in [4.69, 9.17) is 20.8 Å². The highest BCUT2D eigenvalue weighted by atomic mass is 35.5. The number of amides is 1. The Kier molecular flexibility index (Phi) is 5.52. The molecule has 0 aliphatic carbocycles. The van der Waals surface area contributed by atoms with Gasteiger partial charge in [0.15, 0.2) is 0 Å². The van der Waals surface area contributed by atoms with E-state index >= 15 is 0 Å². The molecule has 0 saturated carbocycles. The summed E-state index contributed by atoms with van der Waals surface area (Å²) in [5, 5.41) is 9.15. The number of ether oxygens (including phenoxy) is 1. The third-order valence-electron chi connectivity index (χ3n) is 3.14. The van der Waals surface area contributed by atoms with Crippen LogP contribution in [0.25, 0.3) is 10.8 Å². The molecule has 0 unspecified atom stereocenters. The largest absolute Gasteiger partial charge is 0.492 e. The minimum absolute atomic E-state index is 0.207. The molecule has 1 amide bonds. The number of carbonyl (C=O) groups is 1. The molecule has 25 heavy (non-hydrogen) atoms. The summed E-state index contributed by atoms with van der Waals surface area (Å²) in [7, 11) is 0. The minimum Gasteiger partial charge on any atom is -0.492 e. The van der Waals surface area contributed by atoms with Crippen molar-refractivity contribution in [2.24, 2.45) is 0 Å². The van der Waals surface area contributed by atoms with Crippen LogP contribution in [0.4, 0.5) is 0 Å². The fourth-order valence-corrected chi connectivity index (χ4v) is 2.76. The quantitative estimate of drug-likeness (QED) is 0.637. The van der Waals surface area contributed by atoms with E-state index in [1.54, 1.807) is 30.3 Å². The smallest absolute Gasteiger partial charge is 0.437 e. The fraction of sp³-hybridized carbons (Fsp3) is 0.188. The zero-order valence-corrected chi connectivity index (χ0v) is 14.5. The molecule has 3 aromatic rings. The van der Waals surface area contributed by atoms with Gasteiger partial charge in [-0.3, -0.25) is 4.79 Å². The molecule has 2 heterocycles. The molecule has 0 saturated heterocycles. The number of thiophene rings is 1. The van der Waals surface area contributed by atoms with E-state index in [1.807, 2.05) is 11.4 Å². The van der Waals surface area contributed by atoms with Crippen LogP contribution in [0, 0.1) is 0 Å². The Labute approximate surface area is 151 Å². The van der Waals surface area contributed by atoms with Gasteiger partial charge in [0.05, 0.1) is 11.4 Å². The Balaban J connectivity index is 1.46. The maximum Gasteiger partial charge on any atom is 0.437 e. The van der Waals surface area contributed by atoms with Crippen LogP contribution in [0.3, 0.4) is 0 Å². The van der Waals surface area contributed by atoms with Crippen LogP contribution < -0.4 is 15.8 Å². The van der Waals surface area contributed by atoms with Gasteiger partial charge in [-0.15, -0.1) is 16.4 Å². The highest BCUT2D eigenvalue weighted by Crippen LogP contribution is 2.20. The predicted molar refractivity (Wildman–Crippen MR) is 94.0 cm³/mol. The van der Waals surface area contributed by atoms with Gasteiger partial charge in [-0.25, -0.2) is 4.79 Å². The number of nitrogens with one attached hydrogen (secondary N) is 1. The summed E-state index contributed by atoms with van der Waals surface area (Å²) < 4.78 is 11.5. The lowest BCUT2D eigenvalue weighted by Gasteiger charge is -2.07. The van der Waals surface area contributed by atoms with E-state index in [-0.39, 0.29) is 18.3 Å². The van der Waals surface area contributed by atoms with Gasteiger partial charge in [-0.2, -0.15) is 4.68 Å². The number of carbonyl (C=O) groups excluding carboxylic acids is 1. The second-order valence-corrected chi connectivity index (χ2v) is 6.34. The Morgan fingerprint density at radius 1 is 1.32 bits per heavy atom. The molecular weight excluding hydrogens is 366 g/mol. The van der Waals surface area contributed by atoms with Crippen molar-refractivity contribution in [3.63, 3.8) is 0 Å². The van der Waals surface area contributed by atoms with Crippen molar-refractivity contribution in [1.82, 2.24) is 15.1 Å². The number of hydrogen-bond acceptors (Lipinski definition) is 6. The van der Waals surface area contributed by atoms with Crippen molar-refractivity contribution in [2.45, 2.75) is 6.54 Å². The standard InChI is InChI=1S/C16H14ClN3O4S/c17-11-3-5-12(6-4-11)23-8-7-18-14(21)10-20-16(22)24-15(19-20)13-2-1-9-25-13/h1-6,9H,7-8,10H2,(H,18,21). The summed E-state index contributed by atoms with van der Waals surface area (Å²) in [6.45, 7) is 0.377. The van der Waals surface area contributed by atoms with Crippen LogP contribution in [0.1, 0.15) is 0 Å². The molecule has 0 bridgehead atoms. The first-order valence-corrected chi connectivity index (χ1v) is 8.64. The number of halogens is 1. The van der Waals surface area contributed by atoms with Crippen LogP contribution in [0.5, 0.6) is 5.75 Å². The third-order valence-corrected chi connectivity index (χ3v) is 4.25. The van der Waals surface area contributed by atoms with Crippen LogP contribution in [0.15, 0.2) is 51.0 Å². The average Bonchev–Trinajstić information content (AvgIpc) is 3.24. The van der Waals surface area contributed by atoms with E-state index < -0.39 is 5.76 Å². The molecule has 0 radical (unpaired) electrons. The number of aromatic nitrogens is 2. The first kappa shape index (κ1) is 17.2. The Hall–Kier alpha value is -2.58. The number of nitrogens with zero attached hydrogens (tertiary/aromatic N) is 2. The molecule has 0 fully saturated rings. The lowest BCUT2D eigenvalue weighted by Crippen LogP contribution is -2.33.